The smallest absolute Gasteiger partial charge is 0.275 e. The van der Waals surface area contributed by atoms with Gasteiger partial charge in [-0.25, -0.2) is 19.2 Å². The van der Waals surface area contributed by atoms with Gasteiger partial charge in [-0.2, -0.15) is 9.94 Å². The van der Waals surface area contributed by atoms with Gasteiger partial charge in [-0.3, -0.25) is 4.79 Å². The van der Waals surface area contributed by atoms with Crippen LogP contribution in [0.1, 0.15) is 18.5 Å². The van der Waals surface area contributed by atoms with Crippen LogP contribution in [0.4, 0.5) is 16.0 Å². The van der Waals surface area contributed by atoms with Crippen molar-refractivity contribution in [3.05, 3.63) is 73.5 Å². The molecule has 1 aliphatic rings. The minimum absolute atomic E-state index is 0.0809. The minimum atomic E-state index is -0.770. The van der Waals surface area contributed by atoms with Crippen molar-refractivity contribution in [3.8, 4) is 17.5 Å². The number of halogens is 2. The highest BCUT2D eigenvalue weighted by atomic mass is 127. The van der Waals surface area contributed by atoms with E-state index >= 15 is 0 Å². The van der Waals surface area contributed by atoms with Gasteiger partial charge in [-0.15, -0.1) is 5.10 Å². The molecule has 0 radical (unpaired) electrons. The highest BCUT2D eigenvalue weighted by Gasteiger charge is 2.24. The van der Waals surface area contributed by atoms with E-state index in [4.69, 9.17) is 11.3 Å². The number of aromatic nitrogens is 4. The Morgan fingerprint density at radius 2 is 1.97 bits per heavy atom. The fourth-order valence-electron chi connectivity index (χ4n) is 3.33. The molecule has 1 saturated heterocycles. The van der Waals surface area contributed by atoms with Gasteiger partial charge in [0.05, 0.1) is 18.3 Å². The molecule has 4 rings (SSSR count). The lowest BCUT2D eigenvalue weighted by atomic mass is 10.1. The number of hydrogen-bond acceptors (Lipinski definition) is 7. The largest absolute Gasteiger partial charge is 0.487 e. The standard InChI is InChI=1S/C21H15FIN7O2/c1-25-17-3-2-14(8-16(17)22)30-20(31)9-19(18(10-24)28-30)32-15-4-6-29(7-5-15)21-26-11-13(23)12-27-21/h2-3,8-9,11-12,15H,4-7H2. The average molecular weight is 543 g/mol. The van der Waals surface area contributed by atoms with E-state index in [1.54, 1.807) is 12.4 Å². The molecule has 11 heteroatoms. The van der Waals surface area contributed by atoms with E-state index in [1.807, 2.05) is 6.07 Å². The first kappa shape index (κ1) is 21.6. The zero-order valence-electron chi connectivity index (χ0n) is 16.6. The van der Waals surface area contributed by atoms with Gasteiger partial charge in [0.1, 0.15) is 18.0 Å². The predicted molar refractivity (Wildman–Crippen MR) is 121 cm³/mol. The van der Waals surface area contributed by atoms with Crippen LogP contribution in [-0.2, 0) is 0 Å². The van der Waals surface area contributed by atoms with Crippen LogP contribution in [0.3, 0.4) is 0 Å². The summed E-state index contributed by atoms with van der Waals surface area (Å²) in [7, 11) is 0. The summed E-state index contributed by atoms with van der Waals surface area (Å²) in [6.45, 7) is 8.26. The minimum Gasteiger partial charge on any atom is -0.487 e. The van der Waals surface area contributed by atoms with E-state index in [2.05, 4.69) is 47.4 Å². The van der Waals surface area contributed by atoms with Crippen molar-refractivity contribution in [3.63, 3.8) is 0 Å². The highest BCUT2D eigenvalue weighted by molar-refractivity contribution is 14.1. The first-order valence-corrected chi connectivity index (χ1v) is 10.7. The molecule has 0 unspecified atom stereocenters. The molecule has 3 aromatic rings. The number of rotatable bonds is 4. The maximum atomic E-state index is 14.0. The van der Waals surface area contributed by atoms with Gasteiger partial charge >= 0.3 is 0 Å². The quantitative estimate of drug-likeness (QED) is 0.368. The van der Waals surface area contributed by atoms with Gasteiger partial charge in [-0.1, -0.05) is 6.07 Å². The molecular weight excluding hydrogens is 528 g/mol. The molecular formula is C21H15FIN7O2. The summed E-state index contributed by atoms with van der Waals surface area (Å²) < 4.78 is 21.8. The highest BCUT2D eigenvalue weighted by Crippen LogP contribution is 2.24. The molecule has 2 aromatic heterocycles. The van der Waals surface area contributed by atoms with E-state index in [0.717, 1.165) is 14.3 Å². The van der Waals surface area contributed by atoms with Crippen LogP contribution >= 0.6 is 22.6 Å². The second-order valence-corrected chi connectivity index (χ2v) is 8.22. The summed E-state index contributed by atoms with van der Waals surface area (Å²) >= 11 is 2.15. The molecule has 0 spiro atoms. The third-order valence-electron chi connectivity index (χ3n) is 4.92. The Labute approximate surface area is 196 Å². The summed E-state index contributed by atoms with van der Waals surface area (Å²) in [6, 6.07) is 6.80. The molecule has 0 bridgehead atoms. The van der Waals surface area contributed by atoms with Crippen molar-refractivity contribution in [2.45, 2.75) is 18.9 Å². The summed E-state index contributed by atoms with van der Waals surface area (Å²) in [6.07, 6.45) is 4.63. The van der Waals surface area contributed by atoms with E-state index in [1.165, 1.54) is 18.2 Å². The van der Waals surface area contributed by atoms with Gasteiger partial charge in [0.25, 0.3) is 5.56 Å². The number of anilines is 1. The Morgan fingerprint density at radius 1 is 1.25 bits per heavy atom. The third kappa shape index (κ3) is 4.53. The van der Waals surface area contributed by atoms with Crippen molar-refractivity contribution in [2.24, 2.45) is 0 Å². The number of benzene rings is 1. The summed E-state index contributed by atoms with van der Waals surface area (Å²) in [5.41, 5.74) is -0.695. The maximum absolute atomic E-state index is 14.0. The first-order valence-electron chi connectivity index (χ1n) is 9.59. The van der Waals surface area contributed by atoms with E-state index in [9.17, 15) is 14.4 Å². The summed E-state index contributed by atoms with van der Waals surface area (Å²) in [4.78, 5) is 26.4. The number of nitrogens with zero attached hydrogens (tertiary/aromatic N) is 7. The fraction of sp³-hybridized carbons (Fsp3) is 0.238. The third-order valence-corrected chi connectivity index (χ3v) is 5.48. The molecule has 0 amide bonds. The van der Waals surface area contributed by atoms with Crippen molar-refractivity contribution >= 4 is 34.2 Å². The maximum Gasteiger partial charge on any atom is 0.275 e. The van der Waals surface area contributed by atoms with Gasteiger partial charge in [-0.05, 0) is 34.7 Å². The van der Waals surface area contributed by atoms with Gasteiger partial charge in [0.15, 0.2) is 5.75 Å². The number of hydrogen-bond donors (Lipinski definition) is 0. The molecule has 9 nitrogen and oxygen atoms in total. The van der Waals surface area contributed by atoms with Crippen molar-refractivity contribution in [2.75, 3.05) is 18.0 Å². The average Bonchev–Trinajstić information content (AvgIpc) is 2.80. The Kier molecular flexibility index (Phi) is 6.28. The van der Waals surface area contributed by atoms with Crippen LogP contribution in [0.15, 0.2) is 41.5 Å². The molecule has 1 aliphatic heterocycles. The van der Waals surface area contributed by atoms with Crippen LogP contribution in [0.5, 0.6) is 5.75 Å². The fourth-order valence-corrected chi connectivity index (χ4v) is 3.61. The molecule has 32 heavy (non-hydrogen) atoms. The van der Waals surface area contributed by atoms with Gasteiger partial charge < -0.3 is 9.64 Å². The Hall–Kier alpha value is -3.58. The van der Waals surface area contributed by atoms with Crippen LogP contribution in [0, 0.1) is 27.3 Å². The van der Waals surface area contributed by atoms with E-state index in [-0.39, 0.29) is 28.9 Å². The molecule has 0 N–H and O–H groups in total. The van der Waals surface area contributed by atoms with Crippen molar-refractivity contribution in [1.29, 1.82) is 5.26 Å². The Balaban J connectivity index is 1.50. The summed E-state index contributed by atoms with van der Waals surface area (Å²) in [5.74, 6) is -0.0211. The predicted octanol–water partition coefficient (Wildman–Crippen LogP) is 3.24. The van der Waals surface area contributed by atoms with E-state index < -0.39 is 11.4 Å². The van der Waals surface area contributed by atoms with Gasteiger partial charge in [0, 0.05) is 41.9 Å². The lowest BCUT2D eigenvalue weighted by Gasteiger charge is -2.32. The molecule has 0 atom stereocenters. The molecule has 1 fully saturated rings. The molecule has 1 aromatic carbocycles. The number of ether oxygens (including phenoxy) is 1. The lowest BCUT2D eigenvalue weighted by molar-refractivity contribution is 0.168. The molecule has 0 saturated carbocycles. The topological polar surface area (TPSA) is 101 Å². The lowest BCUT2D eigenvalue weighted by Crippen LogP contribution is -2.39. The zero-order valence-corrected chi connectivity index (χ0v) is 18.7. The summed E-state index contributed by atoms with van der Waals surface area (Å²) in [5, 5.41) is 13.5. The molecule has 0 aliphatic carbocycles. The van der Waals surface area contributed by atoms with Crippen LogP contribution in [-0.4, -0.2) is 38.9 Å². The zero-order chi connectivity index (χ0) is 22.7. The van der Waals surface area contributed by atoms with Crippen molar-refractivity contribution < 1.29 is 9.13 Å². The molecule has 3 heterocycles. The Morgan fingerprint density at radius 3 is 2.59 bits per heavy atom. The Bertz CT molecular complexity index is 1290. The SMILES string of the molecule is [C-]#[N+]c1ccc(-n2nc(C#N)c(OC3CCN(c4ncc(I)cn4)CC3)cc2=O)cc1F. The second kappa shape index (κ2) is 9.28. The normalized spacial score (nSPS) is 13.9. The second-order valence-electron chi connectivity index (χ2n) is 6.97. The monoisotopic (exact) mass is 543 g/mol. The molecule has 160 valence electrons. The van der Waals surface area contributed by atoms with Crippen LogP contribution < -0.4 is 15.2 Å². The number of piperidine rings is 1. The first-order chi connectivity index (χ1) is 15.5. The number of nitriles is 1. The van der Waals surface area contributed by atoms with Crippen LogP contribution in [0.2, 0.25) is 0 Å². The van der Waals surface area contributed by atoms with Gasteiger partial charge in [0.2, 0.25) is 17.3 Å². The van der Waals surface area contributed by atoms with Crippen molar-refractivity contribution in [1.82, 2.24) is 19.7 Å². The van der Waals surface area contributed by atoms with Crippen LogP contribution in [0.25, 0.3) is 10.5 Å². The van der Waals surface area contributed by atoms with E-state index in [0.29, 0.717) is 31.9 Å².